The monoisotopic (exact) mass is 272 g/mol. The number of nitrogens with zero attached hydrogens (tertiary/aromatic N) is 2. The third-order valence-electron chi connectivity index (χ3n) is 3.83. The Labute approximate surface area is 112 Å². The van der Waals surface area contributed by atoms with Gasteiger partial charge in [0.2, 0.25) is 0 Å². The van der Waals surface area contributed by atoms with Gasteiger partial charge in [0, 0.05) is 37.2 Å². The van der Waals surface area contributed by atoms with Crippen molar-refractivity contribution in [1.29, 1.82) is 0 Å². The number of carbonyl (C=O) groups excluding carboxylic acids is 1. The normalized spacial score (nSPS) is 29.2. The molecule has 0 bridgehead atoms. The van der Waals surface area contributed by atoms with Crippen LogP contribution in [0.1, 0.15) is 19.8 Å². The molecule has 2 fully saturated rings. The molecule has 2 heterocycles. The van der Waals surface area contributed by atoms with Crippen LogP contribution in [0.25, 0.3) is 0 Å². The quantitative estimate of drug-likeness (QED) is 0.782. The first-order chi connectivity index (χ1) is 8.61. The van der Waals surface area contributed by atoms with Crippen molar-refractivity contribution in [2.24, 2.45) is 5.92 Å². The molecule has 2 atom stereocenters. The topological polar surface area (TPSA) is 60.9 Å². The van der Waals surface area contributed by atoms with Crippen molar-refractivity contribution in [3.63, 3.8) is 0 Å². The molecule has 0 aromatic rings. The van der Waals surface area contributed by atoms with E-state index in [2.05, 4.69) is 0 Å². The Balaban J connectivity index is 2.02. The van der Waals surface area contributed by atoms with Crippen molar-refractivity contribution < 1.29 is 14.7 Å². The van der Waals surface area contributed by atoms with E-state index in [4.69, 9.17) is 5.11 Å². The first-order valence-electron chi connectivity index (χ1n) is 6.47. The predicted octanol–water partition coefficient (Wildman–Crippen LogP) is 1.34. The highest BCUT2D eigenvalue weighted by atomic mass is 32.2. The third-order valence-corrected chi connectivity index (χ3v) is 4.78. The molecule has 0 unspecified atom stereocenters. The first kappa shape index (κ1) is 13.5. The third kappa shape index (κ3) is 2.74. The van der Waals surface area contributed by atoms with Gasteiger partial charge in [0.25, 0.3) is 0 Å². The number of thioether (sulfide) groups is 1. The van der Waals surface area contributed by atoms with E-state index in [1.165, 1.54) is 0 Å². The average Bonchev–Trinajstić information content (AvgIpc) is 2.39. The van der Waals surface area contributed by atoms with E-state index >= 15 is 0 Å². The van der Waals surface area contributed by atoms with Crippen LogP contribution in [0.15, 0.2) is 0 Å². The fraction of sp³-hybridized carbons (Fsp3) is 0.833. The summed E-state index contributed by atoms with van der Waals surface area (Å²) in [4.78, 5) is 27.1. The van der Waals surface area contributed by atoms with Crippen LogP contribution in [0.5, 0.6) is 0 Å². The van der Waals surface area contributed by atoms with Crippen molar-refractivity contribution in [2.45, 2.75) is 25.8 Å². The highest BCUT2D eigenvalue weighted by Crippen LogP contribution is 2.25. The van der Waals surface area contributed by atoms with Gasteiger partial charge >= 0.3 is 12.0 Å². The van der Waals surface area contributed by atoms with Crippen LogP contribution < -0.4 is 0 Å². The van der Waals surface area contributed by atoms with Gasteiger partial charge in [-0.05, 0) is 19.8 Å². The Hall–Kier alpha value is -0.910. The summed E-state index contributed by atoms with van der Waals surface area (Å²) in [5.41, 5.74) is 0. The van der Waals surface area contributed by atoms with Gasteiger partial charge in [-0.15, -0.1) is 0 Å². The maximum absolute atomic E-state index is 12.4. The van der Waals surface area contributed by atoms with Gasteiger partial charge in [-0.3, -0.25) is 4.79 Å². The van der Waals surface area contributed by atoms with Gasteiger partial charge in [0.1, 0.15) is 0 Å². The van der Waals surface area contributed by atoms with Crippen molar-refractivity contribution in [3.8, 4) is 0 Å². The van der Waals surface area contributed by atoms with E-state index in [1.54, 1.807) is 4.90 Å². The van der Waals surface area contributed by atoms with E-state index in [0.29, 0.717) is 13.0 Å². The SMILES string of the molecule is C[C@@H]1[C@H](C(=O)O)CCCN1C(=O)N1CCSCC1. The number of carboxylic acid groups (broad SMARTS) is 1. The van der Waals surface area contributed by atoms with Gasteiger partial charge in [-0.2, -0.15) is 11.8 Å². The highest BCUT2D eigenvalue weighted by Gasteiger charge is 2.37. The molecule has 0 aromatic carbocycles. The lowest BCUT2D eigenvalue weighted by molar-refractivity contribution is -0.145. The standard InChI is InChI=1S/C12H20N2O3S/c1-9-10(11(15)16)3-2-4-14(9)12(17)13-5-7-18-8-6-13/h9-10H,2-8H2,1H3,(H,15,16)/t9-,10-/m1/s1. The maximum Gasteiger partial charge on any atom is 0.320 e. The number of rotatable bonds is 1. The number of urea groups is 1. The first-order valence-corrected chi connectivity index (χ1v) is 7.63. The van der Waals surface area contributed by atoms with E-state index in [1.807, 2.05) is 23.6 Å². The number of aliphatic carboxylic acids is 1. The van der Waals surface area contributed by atoms with Crippen LogP contribution >= 0.6 is 11.8 Å². The van der Waals surface area contributed by atoms with E-state index in [-0.39, 0.29) is 12.1 Å². The minimum Gasteiger partial charge on any atom is -0.481 e. The Morgan fingerprint density at radius 2 is 1.89 bits per heavy atom. The van der Waals surface area contributed by atoms with E-state index < -0.39 is 11.9 Å². The zero-order valence-electron chi connectivity index (χ0n) is 10.7. The molecule has 2 aliphatic heterocycles. The van der Waals surface area contributed by atoms with Gasteiger partial charge in [0.05, 0.1) is 5.92 Å². The largest absolute Gasteiger partial charge is 0.481 e. The summed E-state index contributed by atoms with van der Waals surface area (Å²) in [5.74, 6) is 0.767. The lowest BCUT2D eigenvalue weighted by Gasteiger charge is -2.41. The molecule has 2 amide bonds. The lowest BCUT2D eigenvalue weighted by Crippen LogP contribution is -2.55. The molecule has 0 aromatic heterocycles. The molecule has 2 rings (SSSR count). The van der Waals surface area contributed by atoms with Crippen LogP contribution in [-0.4, -0.2) is 64.1 Å². The average molecular weight is 272 g/mol. The summed E-state index contributed by atoms with van der Waals surface area (Å²) < 4.78 is 0. The van der Waals surface area contributed by atoms with Crippen molar-refractivity contribution in [2.75, 3.05) is 31.1 Å². The summed E-state index contributed by atoms with van der Waals surface area (Å²) in [7, 11) is 0. The maximum atomic E-state index is 12.4. The predicted molar refractivity (Wildman–Crippen MR) is 70.8 cm³/mol. The van der Waals surface area contributed by atoms with Crippen molar-refractivity contribution in [3.05, 3.63) is 0 Å². The summed E-state index contributed by atoms with van der Waals surface area (Å²) in [6, 6.07) is -0.174. The molecule has 18 heavy (non-hydrogen) atoms. The van der Waals surface area contributed by atoms with E-state index in [9.17, 15) is 9.59 Å². The van der Waals surface area contributed by atoms with Crippen LogP contribution in [-0.2, 0) is 4.79 Å². The Bertz CT molecular complexity index is 331. The van der Waals surface area contributed by atoms with Crippen LogP contribution in [0, 0.1) is 5.92 Å². The molecule has 0 saturated carbocycles. The Morgan fingerprint density at radius 3 is 2.50 bits per heavy atom. The zero-order valence-corrected chi connectivity index (χ0v) is 11.5. The smallest absolute Gasteiger partial charge is 0.320 e. The molecular formula is C12H20N2O3S. The summed E-state index contributed by atoms with van der Waals surface area (Å²) >= 11 is 1.86. The number of hydrogen-bond acceptors (Lipinski definition) is 3. The van der Waals surface area contributed by atoms with Gasteiger partial charge in [-0.25, -0.2) is 4.79 Å². The second-order valence-electron chi connectivity index (χ2n) is 4.90. The fourth-order valence-corrected chi connectivity index (χ4v) is 3.58. The molecular weight excluding hydrogens is 252 g/mol. The molecule has 6 heteroatoms. The van der Waals surface area contributed by atoms with Gasteiger partial charge in [0.15, 0.2) is 0 Å². The molecule has 0 spiro atoms. The second kappa shape index (κ2) is 5.82. The molecule has 5 nitrogen and oxygen atoms in total. The number of piperidine rings is 1. The zero-order chi connectivity index (χ0) is 13.1. The number of hydrogen-bond donors (Lipinski definition) is 1. The molecule has 2 aliphatic rings. The molecule has 0 aliphatic carbocycles. The number of amides is 2. The Kier molecular flexibility index (Phi) is 4.37. The van der Waals surface area contributed by atoms with Crippen LogP contribution in [0.3, 0.4) is 0 Å². The molecule has 1 N–H and O–H groups in total. The lowest BCUT2D eigenvalue weighted by atomic mass is 9.90. The number of likely N-dealkylation sites (tertiary alicyclic amines) is 1. The fourth-order valence-electron chi connectivity index (χ4n) is 2.68. The van der Waals surface area contributed by atoms with Crippen LogP contribution in [0.4, 0.5) is 4.79 Å². The number of carbonyl (C=O) groups is 2. The molecule has 0 radical (unpaired) electrons. The summed E-state index contributed by atoms with van der Waals surface area (Å²) in [6.45, 7) is 4.11. The molecule has 2 saturated heterocycles. The summed E-state index contributed by atoms with van der Waals surface area (Å²) in [5, 5.41) is 9.16. The van der Waals surface area contributed by atoms with Crippen molar-refractivity contribution in [1.82, 2.24) is 9.80 Å². The minimum absolute atomic E-state index is 0.0220. The van der Waals surface area contributed by atoms with E-state index in [0.717, 1.165) is 31.0 Å². The Morgan fingerprint density at radius 1 is 1.22 bits per heavy atom. The minimum atomic E-state index is -0.783. The van der Waals surface area contributed by atoms with Crippen molar-refractivity contribution >= 4 is 23.8 Å². The van der Waals surface area contributed by atoms with Gasteiger partial charge < -0.3 is 14.9 Å². The molecule has 102 valence electrons. The van der Waals surface area contributed by atoms with Crippen LogP contribution in [0.2, 0.25) is 0 Å². The summed E-state index contributed by atoms with van der Waals surface area (Å²) in [6.07, 6.45) is 1.46. The van der Waals surface area contributed by atoms with Gasteiger partial charge in [-0.1, -0.05) is 0 Å². The highest BCUT2D eigenvalue weighted by molar-refractivity contribution is 7.99. The number of carboxylic acids is 1. The second-order valence-corrected chi connectivity index (χ2v) is 6.13.